The third-order valence-electron chi connectivity index (χ3n) is 2.44. The van der Waals surface area contributed by atoms with Crippen molar-refractivity contribution in [2.75, 3.05) is 10.6 Å². The molecule has 3 N–H and O–H groups in total. The first-order chi connectivity index (χ1) is 9.97. The van der Waals surface area contributed by atoms with Gasteiger partial charge in [0, 0.05) is 11.9 Å². The molecule has 0 atom stereocenters. The largest absolute Gasteiger partial charge is 0.476 e. The molecule has 0 radical (unpaired) electrons. The van der Waals surface area contributed by atoms with Crippen molar-refractivity contribution in [2.24, 2.45) is 0 Å². The fourth-order valence-corrected chi connectivity index (χ4v) is 1.83. The van der Waals surface area contributed by atoms with Gasteiger partial charge in [-0.1, -0.05) is 23.2 Å². The van der Waals surface area contributed by atoms with Gasteiger partial charge < -0.3 is 15.7 Å². The highest BCUT2D eigenvalue weighted by molar-refractivity contribution is 6.42. The number of aromatic carboxylic acids is 1. The van der Waals surface area contributed by atoms with Crippen LogP contribution in [0.3, 0.4) is 0 Å². The van der Waals surface area contributed by atoms with Crippen molar-refractivity contribution in [1.29, 1.82) is 0 Å². The number of halogens is 2. The molecular weight excluding hydrogens is 317 g/mol. The van der Waals surface area contributed by atoms with Crippen LogP contribution in [0, 0.1) is 0 Å². The molecule has 0 aliphatic carbocycles. The monoisotopic (exact) mass is 325 g/mol. The number of carbonyl (C=O) groups is 2. The zero-order valence-electron chi connectivity index (χ0n) is 10.4. The van der Waals surface area contributed by atoms with Gasteiger partial charge in [0.25, 0.3) is 0 Å². The van der Waals surface area contributed by atoms with Gasteiger partial charge in [0.15, 0.2) is 5.69 Å². The van der Waals surface area contributed by atoms with E-state index in [9.17, 15) is 9.59 Å². The maximum atomic E-state index is 11.8. The lowest BCUT2D eigenvalue weighted by atomic mass is 10.3. The molecule has 0 fully saturated rings. The SMILES string of the molecule is O=C(Nc1ccc(Cl)c(Cl)c1)Nc1cccnc1C(=O)O. The van der Waals surface area contributed by atoms with Gasteiger partial charge in [0.2, 0.25) is 0 Å². The maximum Gasteiger partial charge on any atom is 0.356 e. The summed E-state index contributed by atoms with van der Waals surface area (Å²) in [5.74, 6) is -1.24. The Kier molecular flexibility index (Phi) is 4.62. The number of hydrogen-bond donors (Lipinski definition) is 3. The van der Waals surface area contributed by atoms with Crippen molar-refractivity contribution >= 4 is 46.6 Å². The summed E-state index contributed by atoms with van der Waals surface area (Å²) in [6.07, 6.45) is 1.32. The first-order valence-electron chi connectivity index (χ1n) is 5.69. The van der Waals surface area contributed by atoms with E-state index < -0.39 is 12.0 Å². The predicted molar refractivity (Wildman–Crippen MR) is 80.3 cm³/mol. The first-order valence-corrected chi connectivity index (χ1v) is 6.44. The number of nitrogens with one attached hydrogen (secondary N) is 2. The molecule has 8 heteroatoms. The normalized spacial score (nSPS) is 10.0. The fourth-order valence-electron chi connectivity index (χ4n) is 1.54. The molecule has 0 bridgehead atoms. The smallest absolute Gasteiger partial charge is 0.356 e. The van der Waals surface area contributed by atoms with E-state index in [1.807, 2.05) is 0 Å². The number of rotatable bonds is 3. The molecule has 1 aromatic heterocycles. The summed E-state index contributed by atoms with van der Waals surface area (Å²) in [6.45, 7) is 0. The van der Waals surface area contributed by atoms with Crippen molar-refractivity contribution in [3.05, 3.63) is 52.3 Å². The Morgan fingerprint density at radius 3 is 2.52 bits per heavy atom. The molecule has 108 valence electrons. The number of aromatic nitrogens is 1. The number of nitrogens with zero attached hydrogens (tertiary/aromatic N) is 1. The Morgan fingerprint density at radius 2 is 1.86 bits per heavy atom. The Bertz CT molecular complexity index is 707. The third-order valence-corrected chi connectivity index (χ3v) is 3.17. The molecule has 0 saturated carbocycles. The van der Waals surface area contributed by atoms with Gasteiger partial charge in [-0.05, 0) is 30.3 Å². The van der Waals surface area contributed by atoms with Crippen molar-refractivity contribution < 1.29 is 14.7 Å². The van der Waals surface area contributed by atoms with E-state index in [1.165, 1.54) is 30.5 Å². The second-order valence-corrected chi connectivity index (χ2v) is 4.73. The van der Waals surface area contributed by atoms with Gasteiger partial charge in [-0.25, -0.2) is 14.6 Å². The second-order valence-electron chi connectivity index (χ2n) is 3.91. The summed E-state index contributed by atoms with van der Waals surface area (Å²) in [4.78, 5) is 26.5. The Labute approximate surface area is 129 Å². The van der Waals surface area contributed by atoms with E-state index in [4.69, 9.17) is 28.3 Å². The van der Waals surface area contributed by atoms with Crippen molar-refractivity contribution in [3.8, 4) is 0 Å². The minimum atomic E-state index is -1.24. The first kappa shape index (κ1) is 15.1. The Morgan fingerprint density at radius 1 is 1.10 bits per heavy atom. The molecule has 1 aromatic carbocycles. The zero-order chi connectivity index (χ0) is 15.4. The van der Waals surface area contributed by atoms with E-state index in [-0.39, 0.29) is 11.4 Å². The van der Waals surface area contributed by atoms with Gasteiger partial charge in [-0.15, -0.1) is 0 Å². The van der Waals surface area contributed by atoms with Crippen LogP contribution in [0.5, 0.6) is 0 Å². The number of hydrogen-bond acceptors (Lipinski definition) is 3. The van der Waals surface area contributed by atoms with E-state index in [2.05, 4.69) is 15.6 Å². The average molecular weight is 326 g/mol. The number of pyridine rings is 1. The molecule has 0 aliphatic rings. The maximum absolute atomic E-state index is 11.8. The summed E-state index contributed by atoms with van der Waals surface area (Å²) in [5.41, 5.74) is 0.256. The van der Waals surface area contributed by atoms with Crippen molar-refractivity contribution in [1.82, 2.24) is 4.98 Å². The van der Waals surface area contributed by atoms with Gasteiger partial charge in [-0.3, -0.25) is 0 Å². The van der Waals surface area contributed by atoms with Gasteiger partial charge in [0.05, 0.1) is 15.7 Å². The molecule has 2 aromatic rings. The van der Waals surface area contributed by atoms with Crippen molar-refractivity contribution in [2.45, 2.75) is 0 Å². The predicted octanol–water partition coefficient (Wildman–Crippen LogP) is 3.73. The van der Waals surface area contributed by atoms with Crippen LogP contribution in [0.4, 0.5) is 16.2 Å². The standard InChI is InChI=1S/C13H9Cl2N3O3/c14-8-4-3-7(6-9(8)15)17-13(21)18-10-2-1-5-16-11(10)12(19)20/h1-6H,(H,19,20)(H2,17,18,21). The minimum Gasteiger partial charge on any atom is -0.476 e. The fraction of sp³-hybridized carbons (Fsp3) is 0. The average Bonchev–Trinajstić information content (AvgIpc) is 2.43. The lowest BCUT2D eigenvalue weighted by Crippen LogP contribution is -2.21. The summed E-state index contributed by atoms with van der Waals surface area (Å²) < 4.78 is 0. The molecule has 0 unspecified atom stereocenters. The van der Waals surface area contributed by atoms with Crippen LogP contribution >= 0.6 is 23.2 Å². The van der Waals surface area contributed by atoms with Crippen LogP contribution in [-0.4, -0.2) is 22.1 Å². The third kappa shape index (κ3) is 3.84. The quantitative estimate of drug-likeness (QED) is 0.801. The van der Waals surface area contributed by atoms with Gasteiger partial charge >= 0.3 is 12.0 Å². The summed E-state index contributed by atoms with van der Waals surface area (Å²) in [7, 11) is 0. The van der Waals surface area contributed by atoms with Crippen LogP contribution in [0.2, 0.25) is 10.0 Å². The lowest BCUT2D eigenvalue weighted by molar-refractivity contribution is 0.0692. The number of amides is 2. The van der Waals surface area contributed by atoms with E-state index in [0.717, 1.165) is 0 Å². The molecule has 0 spiro atoms. The van der Waals surface area contributed by atoms with Gasteiger partial charge in [-0.2, -0.15) is 0 Å². The molecular formula is C13H9Cl2N3O3. The molecule has 0 aliphatic heterocycles. The van der Waals surface area contributed by atoms with E-state index in [0.29, 0.717) is 15.7 Å². The molecule has 2 rings (SSSR count). The minimum absolute atomic E-state index is 0.0857. The topological polar surface area (TPSA) is 91.3 Å². The highest BCUT2D eigenvalue weighted by Gasteiger charge is 2.13. The lowest BCUT2D eigenvalue weighted by Gasteiger charge is -2.09. The molecule has 21 heavy (non-hydrogen) atoms. The molecule has 2 amide bonds. The van der Waals surface area contributed by atoms with Crippen LogP contribution in [0.1, 0.15) is 10.5 Å². The number of benzene rings is 1. The molecule has 6 nitrogen and oxygen atoms in total. The number of carboxylic acids is 1. The van der Waals surface area contributed by atoms with Crippen LogP contribution < -0.4 is 10.6 Å². The molecule has 1 heterocycles. The second kappa shape index (κ2) is 6.43. The number of urea groups is 1. The number of carbonyl (C=O) groups excluding carboxylic acids is 1. The summed E-state index contributed by atoms with van der Waals surface area (Å²) in [6, 6.07) is 6.90. The highest BCUT2D eigenvalue weighted by atomic mass is 35.5. The van der Waals surface area contributed by atoms with Gasteiger partial charge in [0.1, 0.15) is 0 Å². The Balaban J connectivity index is 2.12. The highest BCUT2D eigenvalue weighted by Crippen LogP contribution is 2.25. The Hall–Kier alpha value is -2.31. The van der Waals surface area contributed by atoms with Crippen LogP contribution in [0.25, 0.3) is 0 Å². The number of anilines is 2. The van der Waals surface area contributed by atoms with Crippen LogP contribution in [-0.2, 0) is 0 Å². The molecule has 0 saturated heterocycles. The van der Waals surface area contributed by atoms with E-state index >= 15 is 0 Å². The summed E-state index contributed by atoms with van der Waals surface area (Å²) >= 11 is 11.6. The van der Waals surface area contributed by atoms with Crippen molar-refractivity contribution in [3.63, 3.8) is 0 Å². The van der Waals surface area contributed by atoms with E-state index in [1.54, 1.807) is 6.07 Å². The number of carboxylic acid groups (broad SMARTS) is 1. The zero-order valence-corrected chi connectivity index (χ0v) is 11.9. The summed E-state index contributed by atoms with van der Waals surface area (Å²) in [5, 5.41) is 14.5. The van der Waals surface area contributed by atoms with Crippen LogP contribution in [0.15, 0.2) is 36.5 Å².